The van der Waals surface area contributed by atoms with E-state index in [1.54, 1.807) is 7.11 Å². The molecule has 0 radical (unpaired) electrons. The standard InChI is InChI=1S/C22H31NO3/c1-15(2)13-22(5,25-6)21(24)23-19-11-12-20(26-14-16(3)4)18-10-8-7-9-17(18)19/h7-12,15-16H,13-14H2,1-6H3,(H,23,24)/t22-/m0/s1. The van der Waals surface area contributed by atoms with Gasteiger partial charge in [0.1, 0.15) is 11.4 Å². The molecule has 0 aromatic heterocycles. The van der Waals surface area contributed by atoms with E-state index >= 15 is 0 Å². The third-order valence-electron chi connectivity index (χ3n) is 4.43. The van der Waals surface area contributed by atoms with Crippen LogP contribution < -0.4 is 10.1 Å². The number of ether oxygens (including phenoxy) is 2. The second kappa shape index (κ2) is 8.54. The van der Waals surface area contributed by atoms with Crippen molar-refractivity contribution in [1.82, 2.24) is 0 Å². The first kappa shape index (κ1) is 20.2. The summed E-state index contributed by atoms with van der Waals surface area (Å²) in [5.74, 6) is 1.51. The quantitative estimate of drug-likeness (QED) is 0.700. The highest BCUT2D eigenvalue weighted by Gasteiger charge is 2.34. The van der Waals surface area contributed by atoms with Gasteiger partial charge in [-0.15, -0.1) is 0 Å². The van der Waals surface area contributed by atoms with Gasteiger partial charge in [0.05, 0.1) is 6.61 Å². The summed E-state index contributed by atoms with van der Waals surface area (Å²) in [6, 6.07) is 11.8. The summed E-state index contributed by atoms with van der Waals surface area (Å²) < 4.78 is 11.5. The predicted molar refractivity (Wildman–Crippen MR) is 108 cm³/mol. The molecule has 0 aliphatic heterocycles. The van der Waals surface area contributed by atoms with E-state index in [4.69, 9.17) is 9.47 Å². The summed E-state index contributed by atoms with van der Waals surface area (Å²) >= 11 is 0. The Bertz CT molecular complexity index is 754. The molecule has 0 fully saturated rings. The number of rotatable bonds is 8. The molecule has 0 saturated carbocycles. The number of carbonyl (C=O) groups is 1. The van der Waals surface area contributed by atoms with Gasteiger partial charge in [0.25, 0.3) is 5.91 Å². The van der Waals surface area contributed by atoms with Crippen LogP contribution in [0.15, 0.2) is 36.4 Å². The molecule has 0 heterocycles. The summed E-state index contributed by atoms with van der Waals surface area (Å²) in [4.78, 5) is 12.9. The molecule has 2 aromatic carbocycles. The second-order valence-electron chi connectivity index (χ2n) is 7.85. The summed E-state index contributed by atoms with van der Waals surface area (Å²) in [7, 11) is 1.59. The van der Waals surface area contributed by atoms with Gasteiger partial charge in [0.15, 0.2) is 0 Å². The summed E-state index contributed by atoms with van der Waals surface area (Å²) in [6.07, 6.45) is 0.656. The fourth-order valence-electron chi connectivity index (χ4n) is 3.07. The Kier molecular flexibility index (Phi) is 6.65. The molecular formula is C22H31NO3. The Labute approximate surface area is 156 Å². The van der Waals surface area contributed by atoms with E-state index in [-0.39, 0.29) is 5.91 Å². The minimum Gasteiger partial charge on any atom is -0.493 e. The van der Waals surface area contributed by atoms with Gasteiger partial charge in [-0.1, -0.05) is 52.0 Å². The molecule has 4 heteroatoms. The van der Waals surface area contributed by atoms with Crippen molar-refractivity contribution >= 4 is 22.4 Å². The monoisotopic (exact) mass is 357 g/mol. The van der Waals surface area contributed by atoms with Gasteiger partial charge in [-0.3, -0.25) is 4.79 Å². The van der Waals surface area contributed by atoms with E-state index in [0.717, 1.165) is 22.2 Å². The normalized spacial score (nSPS) is 13.8. The molecule has 0 unspecified atom stereocenters. The van der Waals surface area contributed by atoms with Gasteiger partial charge in [0.2, 0.25) is 0 Å². The molecule has 0 saturated heterocycles. The first-order valence-electron chi connectivity index (χ1n) is 9.28. The maximum absolute atomic E-state index is 12.9. The topological polar surface area (TPSA) is 47.6 Å². The van der Waals surface area contributed by atoms with Crippen LogP contribution in [0.4, 0.5) is 5.69 Å². The predicted octanol–water partition coefficient (Wildman–Crippen LogP) is 5.26. The number of nitrogens with one attached hydrogen (secondary N) is 1. The van der Waals surface area contributed by atoms with Crippen LogP contribution in [-0.4, -0.2) is 25.2 Å². The molecule has 2 rings (SSSR count). The summed E-state index contributed by atoms with van der Waals surface area (Å²) in [5.41, 5.74) is -0.0863. The third-order valence-corrected chi connectivity index (χ3v) is 4.43. The zero-order valence-corrected chi connectivity index (χ0v) is 16.8. The Morgan fingerprint density at radius 2 is 1.69 bits per heavy atom. The number of hydrogen-bond acceptors (Lipinski definition) is 3. The van der Waals surface area contributed by atoms with Crippen molar-refractivity contribution in [2.45, 2.75) is 46.6 Å². The highest BCUT2D eigenvalue weighted by atomic mass is 16.5. The summed E-state index contributed by atoms with van der Waals surface area (Å²) in [5, 5.41) is 5.01. The second-order valence-corrected chi connectivity index (χ2v) is 7.85. The Hall–Kier alpha value is -2.07. The van der Waals surface area contributed by atoms with Crippen molar-refractivity contribution in [2.24, 2.45) is 11.8 Å². The van der Waals surface area contributed by atoms with Crippen LogP contribution in [0.25, 0.3) is 10.8 Å². The number of fused-ring (bicyclic) bond motifs is 1. The van der Waals surface area contributed by atoms with Gasteiger partial charge in [-0.25, -0.2) is 0 Å². The zero-order chi connectivity index (χ0) is 19.3. The number of carbonyl (C=O) groups excluding carboxylic acids is 1. The van der Waals surface area contributed by atoms with E-state index in [0.29, 0.717) is 24.9 Å². The third kappa shape index (κ3) is 4.76. The van der Waals surface area contributed by atoms with Crippen LogP contribution >= 0.6 is 0 Å². The number of amides is 1. The smallest absolute Gasteiger partial charge is 0.256 e. The fourth-order valence-corrected chi connectivity index (χ4v) is 3.07. The molecule has 142 valence electrons. The molecule has 26 heavy (non-hydrogen) atoms. The van der Waals surface area contributed by atoms with Crippen molar-refractivity contribution in [3.05, 3.63) is 36.4 Å². The maximum Gasteiger partial charge on any atom is 0.256 e. The molecule has 1 N–H and O–H groups in total. The largest absolute Gasteiger partial charge is 0.493 e. The molecule has 1 atom stereocenters. The first-order chi connectivity index (χ1) is 12.3. The lowest BCUT2D eigenvalue weighted by molar-refractivity contribution is -0.137. The van der Waals surface area contributed by atoms with Gasteiger partial charge in [-0.2, -0.15) is 0 Å². The molecule has 0 aliphatic rings. The lowest BCUT2D eigenvalue weighted by atomic mass is 9.93. The minimum absolute atomic E-state index is 0.130. The molecule has 1 amide bonds. The van der Waals surface area contributed by atoms with Crippen molar-refractivity contribution in [1.29, 1.82) is 0 Å². The van der Waals surface area contributed by atoms with Crippen LogP contribution in [0.2, 0.25) is 0 Å². The van der Waals surface area contributed by atoms with Gasteiger partial charge in [-0.05, 0) is 37.3 Å². The van der Waals surface area contributed by atoms with Crippen LogP contribution in [-0.2, 0) is 9.53 Å². The summed E-state index contributed by atoms with van der Waals surface area (Å²) in [6.45, 7) is 10.9. The van der Waals surface area contributed by atoms with E-state index in [2.05, 4.69) is 33.0 Å². The number of methoxy groups -OCH3 is 1. The van der Waals surface area contributed by atoms with Crippen LogP contribution in [0.5, 0.6) is 5.75 Å². The highest BCUT2D eigenvalue weighted by molar-refractivity contribution is 6.06. The van der Waals surface area contributed by atoms with E-state index in [1.807, 2.05) is 43.3 Å². The van der Waals surface area contributed by atoms with Crippen molar-refractivity contribution in [2.75, 3.05) is 19.0 Å². The van der Waals surface area contributed by atoms with Crippen LogP contribution in [0, 0.1) is 11.8 Å². The van der Waals surface area contributed by atoms with Gasteiger partial charge < -0.3 is 14.8 Å². The van der Waals surface area contributed by atoms with Crippen molar-refractivity contribution < 1.29 is 14.3 Å². The van der Waals surface area contributed by atoms with E-state index in [9.17, 15) is 4.79 Å². The molecule has 4 nitrogen and oxygen atoms in total. The van der Waals surface area contributed by atoms with Crippen LogP contribution in [0.3, 0.4) is 0 Å². The first-order valence-corrected chi connectivity index (χ1v) is 9.28. The fraction of sp³-hybridized carbons (Fsp3) is 0.500. The molecular weight excluding hydrogens is 326 g/mol. The van der Waals surface area contributed by atoms with Crippen LogP contribution in [0.1, 0.15) is 41.0 Å². The number of benzene rings is 2. The highest BCUT2D eigenvalue weighted by Crippen LogP contribution is 2.33. The Balaban J connectivity index is 2.33. The maximum atomic E-state index is 12.9. The molecule has 0 spiro atoms. The average Bonchev–Trinajstić information content (AvgIpc) is 2.60. The SMILES string of the molecule is CO[C@@](C)(CC(C)C)C(=O)Nc1ccc(OCC(C)C)c2ccccc12. The Morgan fingerprint density at radius 1 is 1.04 bits per heavy atom. The molecule has 2 aromatic rings. The number of anilines is 1. The molecule has 0 bridgehead atoms. The van der Waals surface area contributed by atoms with E-state index in [1.165, 1.54) is 0 Å². The Morgan fingerprint density at radius 3 is 2.27 bits per heavy atom. The zero-order valence-electron chi connectivity index (χ0n) is 16.8. The minimum atomic E-state index is -0.859. The average molecular weight is 357 g/mol. The van der Waals surface area contributed by atoms with Crippen molar-refractivity contribution in [3.63, 3.8) is 0 Å². The van der Waals surface area contributed by atoms with Crippen molar-refractivity contribution in [3.8, 4) is 5.75 Å². The van der Waals surface area contributed by atoms with E-state index < -0.39 is 5.60 Å². The lowest BCUT2D eigenvalue weighted by Gasteiger charge is -2.29. The van der Waals surface area contributed by atoms with Gasteiger partial charge >= 0.3 is 0 Å². The van der Waals surface area contributed by atoms with Gasteiger partial charge in [0, 0.05) is 23.6 Å². The number of hydrogen-bond donors (Lipinski definition) is 1. The lowest BCUT2D eigenvalue weighted by Crippen LogP contribution is -2.43. The molecule has 0 aliphatic carbocycles.